The summed E-state index contributed by atoms with van der Waals surface area (Å²) in [5.74, 6) is -0.150. The zero-order valence-electron chi connectivity index (χ0n) is 15.2. The standard InChI is InChI=1S/C20H22N2O3S/c1-13-5-4-6-17(7-13)22-10-14(2)21(11-20(22)25)19(24)9-16-8-18(15(3)23)26-12-16/h4-8,12,14H,9-11H2,1-3H3/t14-/m1/s1. The maximum absolute atomic E-state index is 12.7. The van der Waals surface area contributed by atoms with Crippen molar-refractivity contribution in [2.45, 2.75) is 33.2 Å². The minimum absolute atomic E-state index is 0.00372. The van der Waals surface area contributed by atoms with Crippen molar-refractivity contribution in [2.75, 3.05) is 18.0 Å². The molecule has 2 heterocycles. The Kier molecular flexibility index (Phi) is 5.23. The first kappa shape index (κ1) is 18.3. The van der Waals surface area contributed by atoms with Crippen molar-refractivity contribution in [1.82, 2.24) is 4.90 Å². The number of nitrogens with zero attached hydrogens (tertiary/aromatic N) is 2. The van der Waals surface area contributed by atoms with Crippen LogP contribution in [-0.2, 0) is 16.0 Å². The first-order valence-electron chi connectivity index (χ1n) is 8.60. The van der Waals surface area contributed by atoms with Gasteiger partial charge in [-0.3, -0.25) is 14.4 Å². The Hall–Kier alpha value is -2.47. The number of anilines is 1. The van der Waals surface area contributed by atoms with E-state index in [0.717, 1.165) is 16.8 Å². The lowest BCUT2D eigenvalue weighted by Crippen LogP contribution is -2.57. The minimum atomic E-state index is -0.0809. The number of amides is 2. The van der Waals surface area contributed by atoms with Crippen LogP contribution in [0.1, 0.15) is 34.6 Å². The number of carbonyl (C=O) groups excluding carboxylic acids is 3. The Morgan fingerprint density at radius 3 is 2.69 bits per heavy atom. The first-order chi connectivity index (χ1) is 12.3. The van der Waals surface area contributed by atoms with E-state index in [2.05, 4.69) is 0 Å². The third-order valence-electron chi connectivity index (χ3n) is 4.58. The van der Waals surface area contributed by atoms with Gasteiger partial charge in [0.05, 0.1) is 11.3 Å². The van der Waals surface area contributed by atoms with Crippen molar-refractivity contribution >= 4 is 34.6 Å². The van der Waals surface area contributed by atoms with Crippen LogP contribution in [0.25, 0.3) is 0 Å². The quantitative estimate of drug-likeness (QED) is 0.777. The molecule has 2 amide bonds. The lowest BCUT2D eigenvalue weighted by Gasteiger charge is -2.39. The van der Waals surface area contributed by atoms with Gasteiger partial charge in [-0.1, -0.05) is 12.1 Å². The molecule has 0 saturated carbocycles. The van der Waals surface area contributed by atoms with Crippen LogP contribution in [0.3, 0.4) is 0 Å². The SMILES string of the molecule is CC(=O)c1cc(CC(=O)N2CC(=O)N(c3cccc(C)c3)C[C@H]2C)cs1. The molecule has 0 unspecified atom stereocenters. The van der Waals surface area contributed by atoms with Gasteiger partial charge >= 0.3 is 0 Å². The molecule has 1 aliphatic rings. The fraction of sp³-hybridized carbons (Fsp3) is 0.350. The van der Waals surface area contributed by atoms with Crippen LogP contribution < -0.4 is 4.90 Å². The monoisotopic (exact) mass is 370 g/mol. The predicted molar refractivity (Wildman–Crippen MR) is 103 cm³/mol. The number of carbonyl (C=O) groups is 3. The number of benzene rings is 1. The Morgan fingerprint density at radius 2 is 2.04 bits per heavy atom. The number of piperazine rings is 1. The van der Waals surface area contributed by atoms with Crippen LogP contribution in [-0.4, -0.2) is 41.6 Å². The van der Waals surface area contributed by atoms with Crippen LogP contribution in [0.5, 0.6) is 0 Å². The zero-order valence-corrected chi connectivity index (χ0v) is 16.0. The highest BCUT2D eigenvalue weighted by Gasteiger charge is 2.33. The largest absolute Gasteiger partial charge is 0.329 e. The van der Waals surface area contributed by atoms with Gasteiger partial charge in [0.1, 0.15) is 6.54 Å². The Balaban J connectivity index is 1.69. The molecule has 5 nitrogen and oxygen atoms in total. The highest BCUT2D eigenvalue weighted by atomic mass is 32.1. The molecule has 0 spiro atoms. The van der Waals surface area contributed by atoms with Crippen LogP contribution >= 0.6 is 11.3 Å². The fourth-order valence-corrected chi connectivity index (χ4v) is 3.97. The van der Waals surface area contributed by atoms with Crippen LogP contribution in [0.15, 0.2) is 35.7 Å². The van der Waals surface area contributed by atoms with Crippen molar-refractivity contribution in [2.24, 2.45) is 0 Å². The minimum Gasteiger partial charge on any atom is -0.329 e. The molecule has 6 heteroatoms. The second-order valence-electron chi connectivity index (χ2n) is 6.77. The van der Waals surface area contributed by atoms with Crippen LogP contribution in [0.2, 0.25) is 0 Å². The van der Waals surface area contributed by atoms with Crippen molar-refractivity contribution in [1.29, 1.82) is 0 Å². The van der Waals surface area contributed by atoms with Gasteiger partial charge in [0, 0.05) is 18.3 Å². The van der Waals surface area contributed by atoms with Gasteiger partial charge in [-0.15, -0.1) is 11.3 Å². The molecule has 1 atom stereocenters. The van der Waals surface area contributed by atoms with E-state index < -0.39 is 0 Å². The van der Waals surface area contributed by atoms with Gasteiger partial charge in [0.25, 0.3) is 0 Å². The van der Waals surface area contributed by atoms with Gasteiger partial charge in [-0.05, 0) is 55.5 Å². The van der Waals surface area contributed by atoms with Crippen molar-refractivity contribution in [3.63, 3.8) is 0 Å². The zero-order chi connectivity index (χ0) is 18.8. The van der Waals surface area contributed by atoms with E-state index in [9.17, 15) is 14.4 Å². The van der Waals surface area contributed by atoms with Gasteiger partial charge in [-0.25, -0.2) is 0 Å². The maximum Gasteiger partial charge on any atom is 0.246 e. The Morgan fingerprint density at radius 1 is 1.27 bits per heavy atom. The summed E-state index contributed by atoms with van der Waals surface area (Å²) < 4.78 is 0. The number of aryl methyl sites for hydroxylation is 1. The van der Waals surface area contributed by atoms with E-state index in [1.54, 1.807) is 15.9 Å². The van der Waals surface area contributed by atoms with E-state index in [1.165, 1.54) is 18.3 Å². The molecular formula is C20H22N2O3S. The highest BCUT2D eigenvalue weighted by Crippen LogP contribution is 2.22. The normalized spacial score (nSPS) is 17.5. The molecule has 0 N–H and O–H groups in total. The number of rotatable bonds is 4. The van der Waals surface area contributed by atoms with Crippen molar-refractivity contribution < 1.29 is 14.4 Å². The number of hydrogen-bond acceptors (Lipinski definition) is 4. The van der Waals surface area contributed by atoms with Crippen LogP contribution in [0.4, 0.5) is 5.69 Å². The first-order valence-corrected chi connectivity index (χ1v) is 9.48. The lowest BCUT2D eigenvalue weighted by molar-refractivity contribution is -0.138. The molecule has 0 radical (unpaired) electrons. The van der Waals surface area contributed by atoms with E-state index >= 15 is 0 Å². The second kappa shape index (κ2) is 7.41. The van der Waals surface area contributed by atoms with Crippen molar-refractivity contribution in [3.05, 3.63) is 51.7 Å². The van der Waals surface area contributed by atoms with Gasteiger partial charge in [0.15, 0.2) is 5.78 Å². The summed E-state index contributed by atoms with van der Waals surface area (Å²) in [7, 11) is 0. The average molecular weight is 370 g/mol. The Bertz CT molecular complexity index is 858. The topological polar surface area (TPSA) is 57.7 Å². The van der Waals surface area contributed by atoms with E-state index in [0.29, 0.717) is 11.4 Å². The summed E-state index contributed by atoms with van der Waals surface area (Å²) in [5.41, 5.74) is 2.80. The molecule has 1 aromatic heterocycles. The number of thiophene rings is 1. The number of ketones is 1. The molecular weight excluding hydrogens is 348 g/mol. The third kappa shape index (κ3) is 3.85. The molecule has 1 fully saturated rings. The molecule has 3 rings (SSSR count). The van der Waals surface area contributed by atoms with E-state index in [-0.39, 0.29) is 36.6 Å². The summed E-state index contributed by atoms with van der Waals surface area (Å²) in [5, 5.41) is 1.84. The molecule has 1 saturated heterocycles. The van der Waals surface area contributed by atoms with Gasteiger partial charge < -0.3 is 9.80 Å². The molecule has 26 heavy (non-hydrogen) atoms. The Labute approximate surface area is 157 Å². The van der Waals surface area contributed by atoms with E-state index in [4.69, 9.17) is 0 Å². The second-order valence-corrected chi connectivity index (χ2v) is 7.68. The summed E-state index contributed by atoms with van der Waals surface area (Å²) in [4.78, 5) is 40.7. The number of hydrogen-bond donors (Lipinski definition) is 0. The molecule has 0 bridgehead atoms. The van der Waals surface area contributed by atoms with Gasteiger partial charge in [-0.2, -0.15) is 0 Å². The molecule has 136 valence electrons. The smallest absolute Gasteiger partial charge is 0.246 e. The summed E-state index contributed by atoms with van der Waals surface area (Å²) in [6.45, 7) is 6.03. The maximum atomic E-state index is 12.7. The predicted octanol–water partition coefficient (Wildman–Crippen LogP) is 3.07. The fourth-order valence-electron chi connectivity index (χ4n) is 3.16. The summed E-state index contributed by atoms with van der Waals surface area (Å²) >= 11 is 1.35. The molecule has 1 aromatic carbocycles. The summed E-state index contributed by atoms with van der Waals surface area (Å²) in [6, 6.07) is 9.53. The van der Waals surface area contributed by atoms with Crippen LogP contribution in [0, 0.1) is 6.92 Å². The van der Waals surface area contributed by atoms with E-state index in [1.807, 2.05) is 43.5 Å². The average Bonchev–Trinajstić information content (AvgIpc) is 3.05. The highest BCUT2D eigenvalue weighted by molar-refractivity contribution is 7.12. The lowest BCUT2D eigenvalue weighted by atomic mass is 10.1. The molecule has 1 aliphatic heterocycles. The number of Topliss-reactive ketones (excluding diaryl/α,β-unsaturated/α-hetero) is 1. The molecule has 2 aromatic rings. The third-order valence-corrected chi connectivity index (χ3v) is 5.66. The van der Waals surface area contributed by atoms with Gasteiger partial charge in [0.2, 0.25) is 11.8 Å². The van der Waals surface area contributed by atoms with Crippen molar-refractivity contribution in [3.8, 4) is 0 Å². The molecule has 0 aliphatic carbocycles. The summed E-state index contributed by atoms with van der Waals surface area (Å²) in [6.07, 6.45) is 0.214.